The number of fused-ring (bicyclic) bond motifs is 1. The second-order valence-electron chi connectivity index (χ2n) is 5.41. The van der Waals surface area contributed by atoms with Crippen molar-refractivity contribution < 1.29 is 18.7 Å². The lowest BCUT2D eigenvalue weighted by Crippen LogP contribution is -2.12. The van der Waals surface area contributed by atoms with Crippen LogP contribution >= 0.6 is 11.6 Å². The van der Waals surface area contributed by atoms with Gasteiger partial charge in [0.1, 0.15) is 22.6 Å². The minimum absolute atomic E-state index is 0.130. The van der Waals surface area contributed by atoms with E-state index in [0.717, 1.165) is 0 Å². The van der Waals surface area contributed by atoms with E-state index in [-0.39, 0.29) is 16.2 Å². The number of carbonyl (C=O) groups is 1. The number of ketones is 1. The Hall–Kier alpha value is -3.05. The van der Waals surface area contributed by atoms with E-state index < -0.39 is 11.4 Å². The summed E-state index contributed by atoms with van der Waals surface area (Å²) in [7, 11) is 2.97. The van der Waals surface area contributed by atoms with Gasteiger partial charge in [-0.05, 0) is 11.6 Å². The molecule has 1 heterocycles. The summed E-state index contributed by atoms with van der Waals surface area (Å²) < 4.78 is 15.7. The fourth-order valence-corrected chi connectivity index (χ4v) is 2.72. The van der Waals surface area contributed by atoms with Crippen molar-refractivity contribution in [3.05, 3.63) is 76.2 Å². The fourth-order valence-electron chi connectivity index (χ4n) is 2.49. The van der Waals surface area contributed by atoms with Crippen LogP contribution in [0.25, 0.3) is 16.0 Å². The fraction of sp³-hybridized carbons (Fsp3) is 0.100. The van der Waals surface area contributed by atoms with Crippen molar-refractivity contribution in [3.8, 4) is 11.5 Å². The van der Waals surface area contributed by atoms with Gasteiger partial charge in [0.05, 0.1) is 24.6 Å². The molecular weight excluding hydrogens is 356 g/mol. The van der Waals surface area contributed by atoms with Crippen molar-refractivity contribution in [2.45, 2.75) is 0 Å². The molecular formula is C20H15ClO5. The second-order valence-corrected chi connectivity index (χ2v) is 5.82. The number of allylic oxidation sites excluding steroid dienone is 1. The van der Waals surface area contributed by atoms with Crippen molar-refractivity contribution in [3.63, 3.8) is 0 Å². The largest absolute Gasteiger partial charge is 0.496 e. The molecule has 0 saturated carbocycles. The molecule has 3 aromatic rings. The predicted molar refractivity (Wildman–Crippen MR) is 100 cm³/mol. The first kappa shape index (κ1) is 17.8. The first-order valence-corrected chi connectivity index (χ1v) is 8.08. The Bertz CT molecular complexity index is 1050. The van der Waals surface area contributed by atoms with Crippen molar-refractivity contribution in [2.75, 3.05) is 14.2 Å². The summed E-state index contributed by atoms with van der Waals surface area (Å²) in [6.07, 6.45) is 1.20. The number of carbonyl (C=O) groups excluding carboxylic acids is 1. The number of hydrogen-bond acceptors (Lipinski definition) is 5. The minimum Gasteiger partial charge on any atom is -0.496 e. The van der Waals surface area contributed by atoms with Crippen molar-refractivity contribution in [2.24, 2.45) is 0 Å². The van der Waals surface area contributed by atoms with Gasteiger partial charge in [-0.3, -0.25) is 4.79 Å². The maximum absolute atomic E-state index is 12.5. The lowest BCUT2D eigenvalue weighted by molar-refractivity contribution is 0.104. The van der Waals surface area contributed by atoms with Crippen LogP contribution in [0.4, 0.5) is 0 Å². The van der Waals surface area contributed by atoms with Crippen LogP contribution in [0.5, 0.6) is 11.5 Å². The van der Waals surface area contributed by atoms with Gasteiger partial charge < -0.3 is 13.9 Å². The van der Waals surface area contributed by atoms with Crippen LogP contribution in [0.1, 0.15) is 15.9 Å². The van der Waals surface area contributed by atoms with Gasteiger partial charge >= 0.3 is 5.63 Å². The van der Waals surface area contributed by atoms with Crippen LogP contribution in [0.15, 0.2) is 63.8 Å². The number of methoxy groups -OCH3 is 2. The van der Waals surface area contributed by atoms with Crippen molar-refractivity contribution >= 4 is 33.4 Å². The molecule has 1 aromatic heterocycles. The number of benzene rings is 2. The highest BCUT2D eigenvalue weighted by Gasteiger charge is 2.16. The van der Waals surface area contributed by atoms with Crippen LogP contribution in [-0.4, -0.2) is 20.0 Å². The molecule has 0 N–H and O–H groups in total. The van der Waals surface area contributed by atoms with Gasteiger partial charge in [-0.25, -0.2) is 4.79 Å². The summed E-state index contributed by atoms with van der Waals surface area (Å²) in [6, 6.07) is 13.6. The number of ether oxygens (including phenoxy) is 2. The van der Waals surface area contributed by atoms with E-state index in [0.29, 0.717) is 22.4 Å². The minimum atomic E-state index is -0.758. The summed E-state index contributed by atoms with van der Waals surface area (Å²) in [5.74, 6) is 0.353. The van der Waals surface area contributed by atoms with E-state index in [1.165, 1.54) is 26.4 Å². The molecule has 0 unspecified atom stereocenters. The average molecular weight is 371 g/mol. The summed E-state index contributed by atoms with van der Waals surface area (Å²) in [6.45, 7) is 0. The molecule has 0 fully saturated rings. The van der Waals surface area contributed by atoms with Gasteiger partial charge in [-0.15, -0.1) is 0 Å². The van der Waals surface area contributed by atoms with E-state index in [1.54, 1.807) is 36.4 Å². The van der Waals surface area contributed by atoms with Crippen molar-refractivity contribution in [1.29, 1.82) is 0 Å². The molecule has 0 aliphatic rings. The zero-order chi connectivity index (χ0) is 18.7. The maximum atomic E-state index is 12.5. The third kappa shape index (κ3) is 3.48. The van der Waals surface area contributed by atoms with Gasteiger partial charge in [0.25, 0.3) is 0 Å². The molecule has 0 atom stereocenters. The first-order chi connectivity index (χ1) is 12.5. The Morgan fingerprint density at radius 1 is 1.08 bits per heavy atom. The van der Waals surface area contributed by atoms with Crippen molar-refractivity contribution in [1.82, 2.24) is 0 Å². The molecule has 0 bridgehead atoms. The third-order valence-corrected chi connectivity index (χ3v) is 4.14. The van der Waals surface area contributed by atoms with Gasteiger partial charge in [0, 0.05) is 18.2 Å². The van der Waals surface area contributed by atoms with E-state index in [4.69, 9.17) is 25.5 Å². The highest BCUT2D eigenvalue weighted by atomic mass is 35.5. The van der Waals surface area contributed by atoms with E-state index in [1.807, 2.05) is 6.07 Å². The summed E-state index contributed by atoms with van der Waals surface area (Å²) in [5.41, 5.74) is 0.0533. The highest BCUT2D eigenvalue weighted by molar-refractivity contribution is 6.50. The number of halogens is 1. The molecule has 0 radical (unpaired) electrons. The third-order valence-electron chi connectivity index (χ3n) is 3.82. The smallest absolute Gasteiger partial charge is 0.347 e. The van der Waals surface area contributed by atoms with Crippen LogP contribution in [0, 0.1) is 0 Å². The topological polar surface area (TPSA) is 65.7 Å². The van der Waals surface area contributed by atoms with Crippen LogP contribution in [0.3, 0.4) is 0 Å². The lowest BCUT2D eigenvalue weighted by atomic mass is 10.1. The molecule has 26 heavy (non-hydrogen) atoms. The zero-order valence-corrected chi connectivity index (χ0v) is 14.9. The number of hydrogen-bond donors (Lipinski definition) is 0. The molecule has 2 aromatic carbocycles. The van der Waals surface area contributed by atoms with Crippen LogP contribution in [0.2, 0.25) is 0 Å². The molecule has 5 nitrogen and oxygen atoms in total. The van der Waals surface area contributed by atoms with E-state index in [9.17, 15) is 9.59 Å². The second kappa shape index (κ2) is 7.45. The summed E-state index contributed by atoms with van der Waals surface area (Å²) >= 11 is 6.19. The Balaban J connectivity index is 2.09. The molecule has 0 spiro atoms. The Morgan fingerprint density at radius 2 is 1.81 bits per heavy atom. The first-order valence-electron chi connectivity index (χ1n) is 7.70. The summed E-state index contributed by atoms with van der Waals surface area (Å²) in [4.78, 5) is 24.8. The average Bonchev–Trinajstić information content (AvgIpc) is 2.66. The van der Waals surface area contributed by atoms with Gasteiger partial charge in [-0.2, -0.15) is 0 Å². The van der Waals surface area contributed by atoms with Crippen LogP contribution in [-0.2, 0) is 0 Å². The summed E-state index contributed by atoms with van der Waals surface area (Å²) in [5, 5.41) is 0.720. The van der Waals surface area contributed by atoms with Gasteiger partial charge in [-0.1, -0.05) is 41.9 Å². The Morgan fingerprint density at radius 3 is 2.46 bits per heavy atom. The molecule has 6 heteroatoms. The Kier molecular flexibility index (Phi) is 5.09. The predicted octanol–water partition coefficient (Wildman–Crippen LogP) is 4.27. The molecule has 0 saturated heterocycles. The molecule has 0 aliphatic heterocycles. The van der Waals surface area contributed by atoms with Gasteiger partial charge in [0.15, 0.2) is 5.78 Å². The monoisotopic (exact) mass is 370 g/mol. The molecule has 3 rings (SSSR count). The zero-order valence-electron chi connectivity index (χ0n) is 14.1. The highest BCUT2D eigenvalue weighted by Crippen LogP contribution is 2.31. The SMILES string of the molecule is COc1cc(OC)c2cc(C(=O)C=C(Cl)c3ccccc3)c(=O)oc2c1. The van der Waals surface area contributed by atoms with E-state index in [2.05, 4.69) is 0 Å². The molecule has 132 valence electrons. The lowest BCUT2D eigenvalue weighted by Gasteiger charge is -2.08. The quantitative estimate of drug-likeness (QED) is 0.381. The number of rotatable bonds is 5. The van der Waals surface area contributed by atoms with E-state index >= 15 is 0 Å². The standard InChI is InChI=1S/C20H15ClO5/c1-24-13-8-18(25-2)15-10-14(20(23)26-19(15)9-13)17(22)11-16(21)12-6-4-3-5-7-12/h3-11H,1-2H3. The van der Waals surface area contributed by atoms with Gasteiger partial charge in [0.2, 0.25) is 0 Å². The molecule has 0 amide bonds. The normalized spacial score (nSPS) is 11.4. The molecule has 0 aliphatic carbocycles. The van der Waals surface area contributed by atoms with Crippen LogP contribution < -0.4 is 15.1 Å². The maximum Gasteiger partial charge on any atom is 0.347 e. The Labute approximate surface area is 154 Å².